The smallest absolute Gasteiger partial charge is 0.234 e. The van der Waals surface area contributed by atoms with Crippen LogP contribution in [0.5, 0.6) is 5.75 Å². The minimum atomic E-state index is 0.0513. The third kappa shape index (κ3) is 4.45. The van der Waals surface area contributed by atoms with Gasteiger partial charge in [0.05, 0.1) is 13.7 Å². The third-order valence-corrected chi connectivity index (χ3v) is 4.44. The second kappa shape index (κ2) is 8.15. The van der Waals surface area contributed by atoms with E-state index in [4.69, 9.17) is 10.5 Å². The molecule has 122 valence electrons. The molecule has 2 unspecified atom stereocenters. The quantitative estimate of drug-likeness (QED) is 0.833. The minimum absolute atomic E-state index is 0.0513. The molecule has 0 saturated carbocycles. The van der Waals surface area contributed by atoms with E-state index >= 15 is 0 Å². The number of likely N-dealkylation sites (tertiary alicyclic amines) is 1. The van der Waals surface area contributed by atoms with Gasteiger partial charge in [-0.25, -0.2) is 0 Å². The average Bonchev–Trinajstić information content (AvgIpc) is 2.53. The molecule has 1 saturated heterocycles. The average molecular weight is 305 g/mol. The number of carbonyl (C=O) groups is 1. The molecule has 5 nitrogen and oxygen atoms in total. The van der Waals surface area contributed by atoms with Gasteiger partial charge in [0.25, 0.3) is 0 Å². The number of methoxy groups -OCH3 is 1. The molecule has 0 radical (unpaired) electrons. The van der Waals surface area contributed by atoms with Crippen molar-refractivity contribution in [3.63, 3.8) is 0 Å². The van der Waals surface area contributed by atoms with Gasteiger partial charge in [0, 0.05) is 19.1 Å². The Balaban J connectivity index is 1.84. The van der Waals surface area contributed by atoms with Crippen LogP contribution in [0.1, 0.15) is 25.3 Å². The lowest BCUT2D eigenvalue weighted by molar-refractivity contribution is -0.123. The number of carbonyl (C=O) groups excluding carboxylic acids is 1. The van der Waals surface area contributed by atoms with Crippen LogP contribution in [-0.4, -0.2) is 43.6 Å². The molecule has 1 aliphatic rings. The Morgan fingerprint density at radius 2 is 2.32 bits per heavy atom. The van der Waals surface area contributed by atoms with Gasteiger partial charge < -0.3 is 15.8 Å². The van der Waals surface area contributed by atoms with E-state index in [9.17, 15) is 4.79 Å². The Morgan fingerprint density at radius 3 is 3.05 bits per heavy atom. The van der Waals surface area contributed by atoms with Gasteiger partial charge in [-0.15, -0.1) is 0 Å². The maximum atomic E-state index is 12.2. The number of amides is 1. The van der Waals surface area contributed by atoms with E-state index in [-0.39, 0.29) is 5.91 Å². The Kier molecular flexibility index (Phi) is 6.21. The molecular weight excluding hydrogens is 278 g/mol. The number of nitrogens with one attached hydrogen (secondary N) is 1. The summed E-state index contributed by atoms with van der Waals surface area (Å²) < 4.78 is 5.19. The van der Waals surface area contributed by atoms with Gasteiger partial charge in [-0.3, -0.25) is 9.69 Å². The van der Waals surface area contributed by atoms with Gasteiger partial charge in [-0.2, -0.15) is 0 Å². The van der Waals surface area contributed by atoms with Gasteiger partial charge in [0.1, 0.15) is 5.75 Å². The number of nitrogens with zero attached hydrogens (tertiary/aromatic N) is 1. The summed E-state index contributed by atoms with van der Waals surface area (Å²) in [5.41, 5.74) is 6.91. The first-order valence-electron chi connectivity index (χ1n) is 7.97. The SMILES string of the molecule is COc1cccc(CNC(=O)CN2CCCC(C)C2CN)c1. The van der Waals surface area contributed by atoms with Crippen molar-refractivity contribution in [1.29, 1.82) is 0 Å². The fourth-order valence-electron chi connectivity index (χ4n) is 3.14. The van der Waals surface area contributed by atoms with E-state index in [1.165, 1.54) is 6.42 Å². The number of piperidine rings is 1. The summed E-state index contributed by atoms with van der Waals surface area (Å²) >= 11 is 0. The molecule has 3 N–H and O–H groups in total. The fraction of sp³-hybridized carbons (Fsp3) is 0.588. The van der Waals surface area contributed by atoms with E-state index < -0.39 is 0 Å². The predicted octanol–water partition coefficient (Wildman–Crippen LogP) is 1.37. The standard InChI is InChI=1S/C17H27N3O2/c1-13-5-4-8-20(16(13)10-18)12-17(21)19-11-14-6-3-7-15(9-14)22-2/h3,6-7,9,13,16H,4-5,8,10-12,18H2,1-2H3,(H,19,21). The summed E-state index contributed by atoms with van der Waals surface area (Å²) in [6.07, 6.45) is 2.34. The van der Waals surface area contributed by atoms with Crippen molar-refractivity contribution in [2.75, 3.05) is 26.7 Å². The first kappa shape index (κ1) is 16.8. The van der Waals surface area contributed by atoms with E-state index in [2.05, 4.69) is 17.1 Å². The Bertz CT molecular complexity index is 493. The number of hydrogen-bond acceptors (Lipinski definition) is 4. The zero-order valence-electron chi connectivity index (χ0n) is 13.5. The summed E-state index contributed by atoms with van der Waals surface area (Å²) in [7, 11) is 1.64. The highest BCUT2D eigenvalue weighted by atomic mass is 16.5. The molecule has 0 spiro atoms. The van der Waals surface area contributed by atoms with Crippen LogP contribution < -0.4 is 15.8 Å². The normalized spacial score (nSPS) is 22.3. The zero-order valence-corrected chi connectivity index (χ0v) is 13.5. The number of hydrogen-bond donors (Lipinski definition) is 2. The topological polar surface area (TPSA) is 67.6 Å². The Labute approximate surface area is 132 Å². The van der Waals surface area contributed by atoms with E-state index in [1.54, 1.807) is 7.11 Å². The van der Waals surface area contributed by atoms with E-state index in [0.717, 1.165) is 24.3 Å². The van der Waals surface area contributed by atoms with Crippen molar-refractivity contribution in [3.05, 3.63) is 29.8 Å². The fourth-order valence-corrected chi connectivity index (χ4v) is 3.14. The van der Waals surface area contributed by atoms with Crippen LogP contribution in [0.3, 0.4) is 0 Å². The Hall–Kier alpha value is -1.59. The van der Waals surface area contributed by atoms with Crippen LogP contribution in [-0.2, 0) is 11.3 Å². The lowest BCUT2D eigenvalue weighted by atomic mass is 9.91. The van der Waals surface area contributed by atoms with Crippen LogP contribution >= 0.6 is 0 Å². The predicted molar refractivity (Wildman–Crippen MR) is 87.7 cm³/mol. The lowest BCUT2D eigenvalue weighted by Gasteiger charge is -2.38. The highest BCUT2D eigenvalue weighted by molar-refractivity contribution is 5.78. The molecule has 1 aromatic carbocycles. The molecule has 2 rings (SSSR count). The molecule has 1 aromatic rings. The van der Waals surface area contributed by atoms with Crippen LogP contribution in [0.4, 0.5) is 0 Å². The summed E-state index contributed by atoms with van der Waals surface area (Å²) in [6, 6.07) is 8.06. The van der Waals surface area contributed by atoms with Crippen molar-refractivity contribution in [1.82, 2.24) is 10.2 Å². The number of ether oxygens (including phenoxy) is 1. The number of rotatable bonds is 6. The molecule has 0 aromatic heterocycles. The van der Waals surface area contributed by atoms with Crippen molar-refractivity contribution in [2.45, 2.75) is 32.4 Å². The summed E-state index contributed by atoms with van der Waals surface area (Å²) in [5.74, 6) is 1.42. The number of benzene rings is 1. The molecule has 1 heterocycles. The van der Waals surface area contributed by atoms with E-state index in [1.807, 2.05) is 24.3 Å². The highest BCUT2D eigenvalue weighted by Crippen LogP contribution is 2.22. The van der Waals surface area contributed by atoms with Crippen LogP contribution in [0.2, 0.25) is 0 Å². The molecule has 1 fully saturated rings. The summed E-state index contributed by atoms with van der Waals surface area (Å²) in [6.45, 7) is 4.74. The maximum absolute atomic E-state index is 12.2. The monoisotopic (exact) mass is 305 g/mol. The zero-order chi connectivity index (χ0) is 15.9. The van der Waals surface area contributed by atoms with Crippen LogP contribution in [0.25, 0.3) is 0 Å². The van der Waals surface area contributed by atoms with Gasteiger partial charge >= 0.3 is 0 Å². The molecule has 1 aliphatic heterocycles. The van der Waals surface area contributed by atoms with Gasteiger partial charge in [0.2, 0.25) is 5.91 Å². The summed E-state index contributed by atoms with van der Waals surface area (Å²) in [5, 5.41) is 2.98. The van der Waals surface area contributed by atoms with Crippen molar-refractivity contribution in [2.24, 2.45) is 11.7 Å². The molecule has 5 heteroatoms. The molecule has 22 heavy (non-hydrogen) atoms. The van der Waals surface area contributed by atoms with Crippen LogP contribution in [0.15, 0.2) is 24.3 Å². The second-order valence-corrected chi connectivity index (χ2v) is 6.02. The summed E-state index contributed by atoms with van der Waals surface area (Å²) in [4.78, 5) is 14.4. The molecule has 0 bridgehead atoms. The lowest BCUT2D eigenvalue weighted by Crippen LogP contribution is -2.51. The second-order valence-electron chi connectivity index (χ2n) is 6.02. The highest BCUT2D eigenvalue weighted by Gasteiger charge is 2.28. The van der Waals surface area contributed by atoms with Crippen molar-refractivity contribution >= 4 is 5.91 Å². The largest absolute Gasteiger partial charge is 0.497 e. The maximum Gasteiger partial charge on any atom is 0.234 e. The van der Waals surface area contributed by atoms with Gasteiger partial charge in [0.15, 0.2) is 0 Å². The minimum Gasteiger partial charge on any atom is -0.497 e. The van der Waals surface area contributed by atoms with Crippen LogP contribution in [0, 0.1) is 5.92 Å². The molecule has 1 amide bonds. The molecular formula is C17H27N3O2. The van der Waals surface area contributed by atoms with Crippen molar-refractivity contribution in [3.8, 4) is 5.75 Å². The van der Waals surface area contributed by atoms with Gasteiger partial charge in [-0.1, -0.05) is 19.1 Å². The first-order valence-corrected chi connectivity index (χ1v) is 7.97. The number of nitrogens with two attached hydrogens (primary N) is 1. The van der Waals surface area contributed by atoms with E-state index in [0.29, 0.717) is 31.6 Å². The molecule has 0 aliphatic carbocycles. The van der Waals surface area contributed by atoms with Crippen molar-refractivity contribution < 1.29 is 9.53 Å². The Morgan fingerprint density at radius 1 is 1.50 bits per heavy atom. The third-order valence-electron chi connectivity index (χ3n) is 4.44. The van der Waals surface area contributed by atoms with Gasteiger partial charge in [-0.05, 0) is 43.0 Å². The molecule has 2 atom stereocenters. The first-order chi connectivity index (χ1) is 10.6.